The van der Waals surface area contributed by atoms with Crippen LogP contribution in [0.4, 0.5) is 5.69 Å². The quantitative estimate of drug-likeness (QED) is 0.617. The third-order valence-corrected chi connectivity index (χ3v) is 5.26. The molecule has 3 aromatic carbocycles. The number of quaternary nitrogens is 1. The summed E-state index contributed by atoms with van der Waals surface area (Å²) in [5.74, 6) is 2.00. The van der Waals surface area contributed by atoms with Crippen molar-refractivity contribution in [1.82, 2.24) is 0 Å². The standard InChI is InChI=1S/C25H26N2O4/c1-17-12-13-21(29-2)20(14-17)27-25(28)24(18-8-4-3-5-9-18)26-15-19-16-30-22-10-6-7-11-23(22)31-19/h3-14,19,24,26H,15-16H2,1-2H3,(H,27,28)/p+1/t19-,24+/m1/s1. The van der Waals surface area contributed by atoms with Gasteiger partial charge in [-0.25, -0.2) is 0 Å². The molecule has 3 N–H and O–H groups in total. The van der Waals surface area contributed by atoms with E-state index in [-0.39, 0.29) is 12.0 Å². The number of hydrogen-bond acceptors (Lipinski definition) is 4. The predicted octanol–water partition coefficient (Wildman–Crippen LogP) is 3.09. The zero-order valence-corrected chi connectivity index (χ0v) is 17.7. The van der Waals surface area contributed by atoms with Gasteiger partial charge in [0.2, 0.25) is 0 Å². The summed E-state index contributed by atoms with van der Waals surface area (Å²) in [7, 11) is 1.60. The summed E-state index contributed by atoms with van der Waals surface area (Å²) < 4.78 is 17.3. The topological polar surface area (TPSA) is 73.4 Å². The predicted molar refractivity (Wildman–Crippen MR) is 119 cm³/mol. The van der Waals surface area contributed by atoms with E-state index in [1.807, 2.05) is 85.0 Å². The molecule has 160 valence electrons. The van der Waals surface area contributed by atoms with E-state index in [1.165, 1.54) is 0 Å². The van der Waals surface area contributed by atoms with Crippen molar-refractivity contribution in [2.75, 3.05) is 25.6 Å². The SMILES string of the molecule is COc1ccc(C)cc1NC(=O)[C@@H]([NH2+]C[C@@H]1COc2ccccc2O1)c1ccccc1. The fourth-order valence-corrected chi connectivity index (χ4v) is 3.65. The number of nitrogens with one attached hydrogen (secondary N) is 1. The van der Waals surface area contributed by atoms with E-state index in [4.69, 9.17) is 14.2 Å². The van der Waals surface area contributed by atoms with Gasteiger partial charge >= 0.3 is 0 Å². The van der Waals surface area contributed by atoms with Gasteiger partial charge in [-0.05, 0) is 36.8 Å². The molecule has 0 saturated heterocycles. The van der Waals surface area contributed by atoms with E-state index in [1.54, 1.807) is 7.11 Å². The van der Waals surface area contributed by atoms with Gasteiger partial charge in [-0.3, -0.25) is 4.79 Å². The first kappa shape index (κ1) is 20.8. The van der Waals surface area contributed by atoms with Crippen LogP contribution in [0.25, 0.3) is 0 Å². The molecule has 0 bridgehead atoms. The highest BCUT2D eigenvalue weighted by Gasteiger charge is 2.29. The average molecular weight is 420 g/mol. The number of para-hydroxylation sites is 2. The normalized spacial score (nSPS) is 15.7. The van der Waals surface area contributed by atoms with E-state index < -0.39 is 6.04 Å². The summed E-state index contributed by atoms with van der Waals surface area (Å²) in [6, 6.07) is 22.6. The first-order valence-corrected chi connectivity index (χ1v) is 10.4. The average Bonchev–Trinajstić information content (AvgIpc) is 2.80. The van der Waals surface area contributed by atoms with Crippen LogP contribution in [0.3, 0.4) is 0 Å². The van der Waals surface area contributed by atoms with Crippen LogP contribution >= 0.6 is 0 Å². The number of hydrogen-bond donors (Lipinski definition) is 2. The molecule has 0 spiro atoms. The van der Waals surface area contributed by atoms with Crippen molar-refractivity contribution in [3.05, 3.63) is 83.9 Å². The molecule has 0 aliphatic carbocycles. The Kier molecular flexibility index (Phi) is 6.38. The number of aryl methyl sites for hydroxylation is 1. The fourth-order valence-electron chi connectivity index (χ4n) is 3.65. The van der Waals surface area contributed by atoms with Crippen LogP contribution in [0, 0.1) is 6.92 Å². The molecule has 3 aromatic rings. The zero-order chi connectivity index (χ0) is 21.6. The Labute approximate surface area is 182 Å². The van der Waals surface area contributed by atoms with Crippen LogP contribution in [-0.2, 0) is 4.79 Å². The zero-order valence-electron chi connectivity index (χ0n) is 17.7. The summed E-state index contributed by atoms with van der Waals surface area (Å²) in [6.07, 6.45) is -0.151. The van der Waals surface area contributed by atoms with E-state index in [0.29, 0.717) is 24.6 Å². The highest BCUT2D eigenvalue weighted by molar-refractivity contribution is 5.95. The molecule has 4 rings (SSSR count). The van der Waals surface area contributed by atoms with Gasteiger partial charge in [0.1, 0.15) is 18.9 Å². The van der Waals surface area contributed by atoms with Crippen LogP contribution in [0.1, 0.15) is 17.2 Å². The van der Waals surface area contributed by atoms with Crippen LogP contribution < -0.4 is 24.8 Å². The summed E-state index contributed by atoms with van der Waals surface area (Å²) in [6.45, 7) is 3.00. The van der Waals surface area contributed by atoms with Crippen molar-refractivity contribution in [2.45, 2.75) is 19.1 Å². The molecule has 1 amide bonds. The molecule has 6 heteroatoms. The number of rotatable bonds is 7. The van der Waals surface area contributed by atoms with E-state index in [9.17, 15) is 4.79 Å². The highest BCUT2D eigenvalue weighted by Crippen LogP contribution is 2.30. The Morgan fingerprint density at radius 2 is 1.84 bits per heavy atom. The lowest BCUT2D eigenvalue weighted by molar-refractivity contribution is -0.687. The Bertz CT molecular complexity index is 1040. The first-order valence-electron chi connectivity index (χ1n) is 10.4. The molecule has 31 heavy (non-hydrogen) atoms. The molecule has 6 nitrogen and oxygen atoms in total. The maximum Gasteiger partial charge on any atom is 0.287 e. The lowest BCUT2D eigenvalue weighted by Crippen LogP contribution is -2.89. The number of nitrogens with two attached hydrogens (primary N) is 1. The Morgan fingerprint density at radius 3 is 2.61 bits per heavy atom. The summed E-state index contributed by atoms with van der Waals surface area (Å²) in [4.78, 5) is 13.3. The summed E-state index contributed by atoms with van der Waals surface area (Å²) in [5, 5.41) is 5.03. The number of fused-ring (bicyclic) bond motifs is 1. The fraction of sp³-hybridized carbons (Fsp3) is 0.240. The van der Waals surface area contributed by atoms with Crippen molar-refractivity contribution < 1.29 is 24.3 Å². The van der Waals surface area contributed by atoms with Crippen molar-refractivity contribution in [2.24, 2.45) is 0 Å². The maximum absolute atomic E-state index is 13.3. The number of methoxy groups -OCH3 is 1. The largest absolute Gasteiger partial charge is 0.495 e. The molecule has 0 fully saturated rings. The molecule has 0 saturated carbocycles. The Hall–Kier alpha value is -3.51. The van der Waals surface area contributed by atoms with Crippen LogP contribution in [0.2, 0.25) is 0 Å². The Morgan fingerprint density at radius 1 is 1.10 bits per heavy atom. The highest BCUT2D eigenvalue weighted by atomic mass is 16.6. The Balaban J connectivity index is 1.49. The second-order valence-electron chi connectivity index (χ2n) is 7.55. The summed E-state index contributed by atoms with van der Waals surface area (Å²) >= 11 is 0. The number of benzene rings is 3. The van der Waals surface area contributed by atoms with E-state index >= 15 is 0 Å². The molecule has 0 unspecified atom stereocenters. The van der Waals surface area contributed by atoms with Gasteiger partial charge in [0.05, 0.1) is 12.8 Å². The van der Waals surface area contributed by atoms with Gasteiger partial charge in [-0.15, -0.1) is 0 Å². The number of ether oxygens (including phenoxy) is 3. The van der Waals surface area contributed by atoms with Gasteiger partial charge in [0.25, 0.3) is 5.91 Å². The molecular weight excluding hydrogens is 392 g/mol. The van der Waals surface area contributed by atoms with Crippen LogP contribution in [-0.4, -0.2) is 32.3 Å². The van der Waals surface area contributed by atoms with Crippen molar-refractivity contribution >= 4 is 11.6 Å². The van der Waals surface area contributed by atoms with Crippen LogP contribution in [0.15, 0.2) is 72.8 Å². The lowest BCUT2D eigenvalue weighted by atomic mass is 10.1. The minimum atomic E-state index is -0.438. The molecule has 1 aliphatic rings. The van der Waals surface area contributed by atoms with E-state index in [0.717, 1.165) is 22.6 Å². The van der Waals surface area contributed by atoms with Gasteiger partial charge < -0.3 is 24.8 Å². The third-order valence-electron chi connectivity index (χ3n) is 5.26. The molecule has 0 aromatic heterocycles. The molecule has 1 aliphatic heterocycles. The van der Waals surface area contributed by atoms with E-state index in [2.05, 4.69) is 5.32 Å². The van der Waals surface area contributed by atoms with Gasteiger partial charge in [-0.2, -0.15) is 0 Å². The molecule has 1 heterocycles. The number of amides is 1. The van der Waals surface area contributed by atoms with Crippen molar-refractivity contribution in [3.63, 3.8) is 0 Å². The smallest absolute Gasteiger partial charge is 0.287 e. The number of anilines is 1. The summed E-state index contributed by atoms with van der Waals surface area (Å²) in [5.41, 5.74) is 2.62. The van der Waals surface area contributed by atoms with Crippen LogP contribution in [0.5, 0.6) is 17.2 Å². The number of carbonyl (C=O) groups is 1. The minimum absolute atomic E-state index is 0.118. The van der Waals surface area contributed by atoms with Gasteiger partial charge in [0.15, 0.2) is 23.6 Å². The first-order chi connectivity index (χ1) is 15.1. The number of carbonyl (C=O) groups excluding carboxylic acids is 1. The lowest BCUT2D eigenvalue weighted by Gasteiger charge is -2.26. The van der Waals surface area contributed by atoms with Gasteiger partial charge in [0, 0.05) is 5.56 Å². The van der Waals surface area contributed by atoms with Crippen molar-refractivity contribution in [3.8, 4) is 17.2 Å². The molecular formula is C25H27N2O4+. The minimum Gasteiger partial charge on any atom is -0.495 e. The monoisotopic (exact) mass is 419 g/mol. The maximum atomic E-state index is 13.3. The second kappa shape index (κ2) is 9.53. The second-order valence-corrected chi connectivity index (χ2v) is 7.55. The van der Waals surface area contributed by atoms with Gasteiger partial charge in [-0.1, -0.05) is 48.5 Å². The molecule has 0 radical (unpaired) electrons. The van der Waals surface area contributed by atoms with Crippen molar-refractivity contribution in [1.29, 1.82) is 0 Å². The molecule has 2 atom stereocenters. The third kappa shape index (κ3) is 4.98.